The van der Waals surface area contributed by atoms with Crippen LogP contribution < -0.4 is 10.5 Å². The first-order chi connectivity index (χ1) is 15.9. The van der Waals surface area contributed by atoms with Crippen LogP contribution in [0, 0.1) is 5.82 Å². The predicted molar refractivity (Wildman–Crippen MR) is 124 cm³/mol. The third-order valence-electron chi connectivity index (χ3n) is 5.09. The van der Waals surface area contributed by atoms with Gasteiger partial charge in [-0.2, -0.15) is 0 Å². The van der Waals surface area contributed by atoms with Crippen molar-refractivity contribution in [3.63, 3.8) is 0 Å². The summed E-state index contributed by atoms with van der Waals surface area (Å²) in [4.78, 5) is 7.98. The van der Waals surface area contributed by atoms with Crippen LogP contribution >= 0.6 is 0 Å². The molecule has 9 heteroatoms. The molecular formula is C24H21FN4O3S. The summed E-state index contributed by atoms with van der Waals surface area (Å²) in [7, 11) is -4.05. The van der Waals surface area contributed by atoms with Gasteiger partial charge >= 0.3 is 0 Å². The number of nitrogens with two attached hydrogens (primary N) is 1. The van der Waals surface area contributed by atoms with Gasteiger partial charge in [0, 0.05) is 11.1 Å². The Morgan fingerprint density at radius 3 is 2.33 bits per heavy atom. The van der Waals surface area contributed by atoms with Crippen LogP contribution in [0.2, 0.25) is 0 Å². The lowest BCUT2D eigenvalue weighted by Crippen LogP contribution is -2.31. The molecule has 0 fully saturated rings. The van der Waals surface area contributed by atoms with Crippen LogP contribution in [0.1, 0.15) is 11.6 Å². The lowest BCUT2D eigenvalue weighted by Gasteiger charge is -2.18. The number of aliphatic hydroxyl groups is 1. The molecule has 0 saturated heterocycles. The number of anilines is 1. The summed E-state index contributed by atoms with van der Waals surface area (Å²) in [6.45, 7) is -0.419. The Morgan fingerprint density at radius 1 is 0.939 bits per heavy atom. The number of hydrogen-bond acceptors (Lipinski definition) is 6. The van der Waals surface area contributed by atoms with Crippen LogP contribution in [0.25, 0.3) is 22.4 Å². The predicted octanol–water partition coefficient (Wildman–Crippen LogP) is 3.54. The maximum absolute atomic E-state index is 14.9. The van der Waals surface area contributed by atoms with Crippen molar-refractivity contribution in [2.24, 2.45) is 0 Å². The molecule has 0 aliphatic heterocycles. The Labute approximate surface area is 190 Å². The second kappa shape index (κ2) is 9.45. The molecule has 0 radical (unpaired) electrons. The Kier molecular flexibility index (Phi) is 6.45. The molecule has 0 spiro atoms. The summed E-state index contributed by atoms with van der Waals surface area (Å²) in [5.74, 6) is -0.358. The highest BCUT2D eigenvalue weighted by atomic mass is 32.2. The average Bonchev–Trinajstić information content (AvgIpc) is 2.84. The summed E-state index contributed by atoms with van der Waals surface area (Å²) in [6.07, 6.45) is 2.70. The Hall–Kier alpha value is -3.66. The molecule has 4 aromatic rings. The van der Waals surface area contributed by atoms with E-state index in [0.717, 1.165) is 0 Å². The number of halogens is 1. The Morgan fingerprint density at radius 2 is 1.67 bits per heavy atom. The Balaban J connectivity index is 1.70. The zero-order chi connectivity index (χ0) is 23.4. The van der Waals surface area contributed by atoms with Crippen molar-refractivity contribution in [2.45, 2.75) is 10.9 Å². The van der Waals surface area contributed by atoms with Crippen molar-refractivity contribution in [1.29, 1.82) is 0 Å². The lowest BCUT2D eigenvalue weighted by molar-refractivity contribution is 0.259. The molecule has 4 N–H and O–H groups in total. The molecule has 0 saturated carbocycles. The van der Waals surface area contributed by atoms with Crippen molar-refractivity contribution in [2.75, 3.05) is 12.3 Å². The highest BCUT2D eigenvalue weighted by Gasteiger charge is 2.24. The smallest absolute Gasteiger partial charge is 0.241 e. The van der Waals surface area contributed by atoms with E-state index in [1.807, 2.05) is 0 Å². The number of hydrogen-bond donors (Lipinski definition) is 3. The van der Waals surface area contributed by atoms with Crippen LogP contribution in [-0.4, -0.2) is 30.1 Å². The van der Waals surface area contributed by atoms with Crippen LogP contribution in [-0.2, 0) is 10.0 Å². The zero-order valence-corrected chi connectivity index (χ0v) is 18.2. The summed E-state index contributed by atoms with van der Waals surface area (Å²) in [6, 6.07) is 18.6. The van der Waals surface area contributed by atoms with Gasteiger partial charge in [0.05, 0.1) is 35.6 Å². The fourth-order valence-electron chi connectivity index (χ4n) is 3.45. The summed E-state index contributed by atoms with van der Waals surface area (Å²) < 4.78 is 43.9. The number of sulfonamides is 1. The maximum Gasteiger partial charge on any atom is 0.241 e. The van der Waals surface area contributed by atoms with E-state index >= 15 is 0 Å². The standard InChI is InChI=1S/C24H21FN4O3S/c25-20-12-17(10-11-19(20)21-13-28-24(26)14-27-21)18-8-4-5-9-23(18)33(31,32)29-22(15-30)16-6-2-1-3-7-16/h1-14,22,29-30H,15H2,(H2,26,28)/t22-/m1/s1. The number of nitrogen functional groups attached to an aromatic ring is 1. The number of nitrogens with one attached hydrogen (secondary N) is 1. The van der Waals surface area contributed by atoms with Crippen LogP contribution in [0.4, 0.5) is 10.2 Å². The van der Waals surface area contributed by atoms with E-state index < -0.39 is 28.5 Å². The van der Waals surface area contributed by atoms with E-state index in [1.54, 1.807) is 54.6 Å². The first-order valence-electron chi connectivity index (χ1n) is 10.0. The van der Waals surface area contributed by atoms with Gasteiger partial charge in [0.15, 0.2) is 0 Å². The lowest BCUT2D eigenvalue weighted by atomic mass is 10.0. The number of rotatable bonds is 7. The zero-order valence-electron chi connectivity index (χ0n) is 17.4. The Bertz CT molecular complexity index is 1360. The van der Waals surface area contributed by atoms with Crippen molar-refractivity contribution < 1.29 is 17.9 Å². The van der Waals surface area contributed by atoms with Gasteiger partial charge in [-0.15, -0.1) is 0 Å². The molecule has 33 heavy (non-hydrogen) atoms. The second-order valence-electron chi connectivity index (χ2n) is 7.28. The van der Waals surface area contributed by atoms with E-state index in [0.29, 0.717) is 22.4 Å². The first kappa shape index (κ1) is 22.5. The van der Waals surface area contributed by atoms with Crippen molar-refractivity contribution >= 4 is 15.8 Å². The average molecular weight is 465 g/mol. The van der Waals surface area contributed by atoms with E-state index in [9.17, 15) is 17.9 Å². The normalized spacial score (nSPS) is 12.4. The monoisotopic (exact) mass is 464 g/mol. The minimum absolute atomic E-state index is 0.0289. The minimum atomic E-state index is -4.05. The molecule has 4 rings (SSSR count). The molecule has 0 amide bonds. The molecule has 0 bridgehead atoms. The van der Waals surface area contributed by atoms with Gasteiger partial charge < -0.3 is 10.8 Å². The minimum Gasteiger partial charge on any atom is -0.394 e. The molecule has 0 unspecified atom stereocenters. The van der Waals surface area contributed by atoms with Crippen molar-refractivity contribution in [1.82, 2.24) is 14.7 Å². The molecule has 0 aliphatic rings. The SMILES string of the molecule is Nc1cnc(-c2ccc(-c3ccccc3S(=O)(=O)N[C@H](CO)c3ccccc3)cc2F)cn1. The highest BCUT2D eigenvalue weighted by molar-refractivity contribution is 7.89. The fourth-order valence-corrected chi connectivity index (χ4v) is 4.90. The van der Waals surface area contributed by atoms with Gasteiger partial charge in [-0.25, -0.2) is 22.5 Å². The topological polar surface area (TPSA) is 118 Å². The van der Waals surface area contributed by atoms with Gasteiger partial charge in [-0.3, -0.25) is 4.98 Å². The van der Waals surface area contributed by atoms with Gasteiger partial charge in [0.1, 0.15) is 11.6 Å². The second-order valence-corrected chi connectivity index (χ2v) is 8.97. The van der Waals surface area contributed by atoms with Gasteiger partial charge in [0.2, 0.25) is 10.0 Å². The van der Waals surface area contributed by atoms with Crippen LogP contribution in [0.5, 0.6) is 0 Å². The molecule has 1 aromatic heterocycles. The quantitative estimate of drug-likeness (QED) is 0.385. The molecule has 168 valence electrons. The van der Waals surface area contributed by atoms with Crippen LogP contribution in [0.3, 0.4) is 0 Å². The molecule has 1 atom stereocenters. The van der Waals surface area contributed by atoms with E-state index in [-0.39, 0.29) is 16.3 Å². The molecule has 3 aromatic carbocycles. The summed E-state index contributed by atoms with van der Waals surface area (Å²) in [5.41, 5.74) is 7.39. The fraction of sp³-hybridized carbons (Fsp3) is 0.0833. The summed E-state index contributed by atoms with van der Waals surface area (Å²) in [5, 5.41) is 9.77. The molecule has 7 nitrogen and oxygen atoms in total. The number of aromatic nitrogens is 2. The number of benzene rings is 3. The number of aliphatic hydroxyl groups excluding tert-OH is 1. The maximum atomic E-state index is 14.9. The van der Waals surface area contributed by atoms with Crippen LogP contribution in [0.15, 0.2) is 90.1 Å². The van der Waals surface area contributed by atoms with Gasteiger partial charge in [-0.05, 0) is 29.3 Å². The van der Waals surface area contributed by atoms with Gasteiger partial charge in [-0.1, -0.05) is 54.6 Å². The van der Waals surface area contributed by atoms with Crippen molar-refractivity contribution in [3.05, 3.63) is 96.6 Å². The summed E-state index contributed by atoms with van der Waals surface area (Å²) >= 11 is 0. The molecule has 1 heterocycles. The highest BCUT2D eigenvalue weighted by Crippen LogP contribution is 2.31. The van der Waals surface area contributed by atoms with Crippen molar-refractivity contribution in [3.8, 4) is 22.4 Å². The molecule has 0 aliphatic carbocycles. The number of nitrogens with zero attached hydrogens (tertiary/aromatic N) is 2. The van der Waals surface area contributed by atoms with E-state index in [4.69, 9.17) is 5.73 Å². The molecular weight excluding hydrogens is 443 g/mol. The third-order valence-corrected chi connectivity index (χ3v) is 6.62. The van der Waals surface area contributed by atoms with Gasteiger partial charge in [0.25, 0.3) is 0 Å². The first-order valence-corrected chi connectivity index (χ1v) is 11.5. The largest absolute Gasteiger partial charge is 0.394 e. The van der Waals surface area contributed by atoms with E-state index in [2.05, 4.69) is 14.7 Å². The van der Waals surface area contributed by atoms with E-state index in [1.165, 1.54) is 30.6 Å². The third kappa shape index (κ3) is 4.90.